The van der Waals surface area contributed by atoms with E-state index in [0.717, 1.165) is 37.8 Å². The van der Waals surface area contributed by atoms with Crippen molar-refractivity contribution in [3.63, 3.8) is 0 Å². The number of para-hydroxylation sites is 1. The number of nitrogens with zero attached hydrogens (tertiary/aromatic N) is 1. The van der Waals surface area contributed by atoms with Crippen LogP contribution in [0.2, 0.25) is 0 Å². The Morgan fingerprint density at radius 1 is 1.09 bits per heavy atom. The average Bonchev–Trinajstić information content (AvgIpc) is 3.18. The van der Waals surface area contributed by atoms with Gasteiger partial charge in [-0.1, -0.05) is 32.0 Å². The lowest BCUT2D eigenvalue weighted by Crippen LogP contribution is -2.30. The fourth-order valence-electron chi connectivity index (χ4n) is 6.20. The highest BCUT2D eigenvalue weighted by Crippen LogP contribution is 2.43. The van der Waals surface area contributed by atoms with Gasteiger partial charge in [0.2, 0.25) is 5.91 Å². The number of unbranched alkanes of at least 4 members (excludes halogenated alkanes) is 1. The lowest BCUT2D eigenvalue weighted by Gasteiger charge is -2.35. The van der Waals surface area contributed by atoms with Crippen molar-refractivity contribution in [3.05, 3.63) is 35.5 Å². The van der Waals surface area contributed by atoms with Crippen LogP contribution in [-0.2, 0) is 11.3 Å². The van der Waals surface area contributed by atoms with Crippen LogP contribution < -0.4 is 16.4 Å². The lowest BCUT2D eigenvalue weighted by molar-refractivity contribution is -0.121. The quantitative estimate of drug-likeness (QED) is 0.456. The van der Waals surface area contributed by atoms with E-state index in [2.05, 4.69) is 53.3 Å². The Bertz CT molecular complexity index is 904. The molecule has 1 aliphatic heterocycles. The van der Waals surface area contributed by atoms with Gasteiger partial charge in [0.1, 0.15) is 0 Å². The van der Waals surface area contributed by atoms with Crippen molar-refractivity contribution in [1.29, 1.82) is 0 Å². The monoisotopic (exact) mass is 452 g/mol. The second-order valence-corrected chi connectivity index (χ2v) is 10.6. The van der Waals surface area contributed by atoms with Crippen LogP contribution in [0.5, 0.6) is 0 Å². The summed E-state index contributed by atoms with van der Waals surface area (Å²) in [5.41, 5.74) is 9.83. The number of carbonyl (C=O) groups excluding carboxylic acids is 1. The van der Waals surface area contributed by atoms with Crippen molar-refractivity contribution in [2.75, 3.05) is 19.6 Å². The Balaban J connectivity index is 1.66. The minimum Gasteiger partial charge on any atom is -0.352 e. The molecule has 4 N–H and O–H groups in total. The van der Waals surface area contributed by atoms with Crippen molar-refractivity contribution in [2.45, 2.75) is 90.1 Å². The molecule has 1 aromatic heterocycles. The van der Waals surface area contributed by atoms with Gasteiger partial charge in [-0.2, -0.15) is 0 Å². The van der Waals surface area contributed by atoms with Crippen LogP contribution in [0.4, 0.5) is 0 Å². The Hall–Kier alpha value is -1.85. The van der Waals surface area contributed by atoms with Crippen LogP contribution in [0, 0.1) is 11.8 Å². The van der Waals surface area contributed by atoms with E-state index in [4.69, 9.17) is 5.73 Å². The molecule has 33 heavy (non-hydrogen) atoms. The first-order chi connectivity index (χ1) is 16.1. The number of amides is 1. The standard InChI is InChI=1S/C28H44N4O/c1-20(2)21-10-12-23(13-11-21)32-26-8-4-3-7-24(26)25(19-31-27(33)9-5-6-16-29)28(32)22-14-17-30-18-15-22/h3-4,7-8,20-23,30H,5-6,9-19,29H2,1-2H3,(H,31,33). The minimum absolute atomic E-state index is 0.147. The molecule has 2 aliphatic rings. The highest BCUT2D eigenvalue weighted by Gasteiger charge is 2.31. The largest absolute Gasteiger partial charge is 0.352 e. The molecule has 5 nitrogen and oxygen atoms in total. The maximum absolute atomic E-state index is 12.6. The molecule has 0 unspecified atom stereocenters. The molecule has 1 aromatic carbocycles. The number of carbonyl (C=O) groups is 1. The molecule has 2 aromatic rings. The summed E-state index contributed by atoms with van der Waals surface area (Å²) in [7, 11) is 0. The van der Waals surface area contributed by atoms with Gasteiger partial charge in [0.25, 0.3) is 0 Å². The first-order valence-electron chi connectivity index (χ1n) is 13.4. The lowest BCUT2D eigenvalue weighted by atomic mass is 9.79. The second kappa shape index (κ2) is 11.5. The van der Waals surface area contributed by atoms with Crippen LogP contribution in [0.1, 0.15) is 94.9 Å². The summed E-state index contributed by atoms with van der Waals surface area (Å²) in [6.45, 7) is 8.21. The Kier molecular flexibility index (Phi) is 8.48. The van der Waals surface area contributed by atoms with Crippen LogP contribution in [0.25, 0.3) is 10.9 Å². The summed E-state index contributed by atoms with van der Waals surface area (Å²) in [4.78, 5) is 12.6. The number of nitrogens with two attached hydrogens (primary N) is 1. The van der Waals surface area contributed by atoms with E-state index in [9.17, 15) is 4.79 Å². The SMILES string of the molecule is CC(C)C1CCC(n2c(C3CCNCC3)c(CNC(=O)CCCCN)c3ccccc32)CC1. The van der Waals surface area contributed by atoms with Crippen LogP contribution in [0.15, 0.2) is 24.3 Å². The Morgan fingerprint density at radius 3 is 2.52 bits per heavy atom. The molecule has 182 valence electrons. The zero-order valence-corrected chi connectivity index (χ0v) is 20.7. The fourth-order valence-corrected chi connectivity index (χ4v) is 6.20. The van der Waals surface area contributed by atoms with E-state index in [0.29, 0.717) is 31.5 Å². The summed E-state index contributed by atoms with van der Waals surface area (Å²) >= 11 is 0. The summed E-state index contributed by atoms with van der Waals surface area (Å²) in [5, 5.41) is 8.14. The number of rotatable bonds is 9. The molecular formula is C28H44N4O. The highest BCUT2D eigenvalue weighted by molar-refractivity contribution is 5.87. The number of hydrogen-bond donors (Lipinski definition) is 3. The number of nitrogens with one attached hydrogen (secondary N) is 2. The topological polar surface area (TPSA) is 72.1 Å². The molecular weight excluding hydrogens is 408 g/mol. The van der Waals surface area contributed by atoms with E-state index < -0.39 is 0 Å². The number of hydrogen-bond acceptors (Lipinski definition) is 3. The first-order valence-corrected chi connectivity index (χ1v) is 13.4. The average molecular weight is 453 g/mol. The van der Waals surface area contributed by atoms with Gasteiger partial charge in [-0.05, 0) is 88.9 Å². The number of benzene rings is 1. The molecule has 1 amide bonds. The molecule has 2 fully saturated rings. The molecule has 2 heterocycles. The van der Waals surface area contributed by atoms with E-state index in [1.807, 2.05) is 0 Å². The third-order valence-corrected chi connectivity index (χ3v) is 8.15. The Labute approximate surface area is 199 Å². The number of aromatic nitrogens is 1. The van der Waals surface area contributed by atoms with Crippen molar-refractivity contribution in [1.82, 2.24) is 15.2 Å². The molecule has 1 saturated heterocycles. The molecule has 1 saturated carbocycles. The van der Waals surface area contributed by atoms with Gasteiger partial charge in [0.05, 0.1) is 0 Å². The summed E-state index contributed by atoms with van der Waals surface area (Å²) in [5.74, 6) is 2.35. The van der Waals surface area contributed by atoms with Gasteiger partial charge in [0.15, 0.2) is 0 Å². The predicted molar refractivity (Wildman–Crippen MR) is 137 cm³/mol. The van der Waals surface area contributed by atoms with E-state index in [-0.39, 0.29) is 5.91 Å². The highest BCUT2D eigenvalue weighted by atomic mass is 16.1. The molecule has 0 bridgehead atoms. The molecule has 5 heteroatoms. The fraction of sp³-hybridized carbons (Fsp3) is 0.679. The van der Waals surface area contributed by atoms with Crippen LogP contribution >= 0.6 is 0 Å². The summed E-state index contributed by atoms with van der Waals surface area (Å²) in [6, 6.07) is 9.48. The van der Waals surface area contributed by atoms with E-state index in [1.54, 1.807) is 0 Å². The molecule has 0 radical (unpaired) electrons. The van der Waals surface area contributed by atoms with E-state index >= 15 is 0 Å². The van der Waals surface area contributed by atoms with Gasteiger partial charge < -0.3 is 20.9 Å². The van der Waals surface area contributed by atoms with Gasteiger partial charge >= 0.3 is 0 Å². The third-order valence-electron chi connectivity index (χ3n) is 8.15. The van der Waals surface area contributed by atoms with Gasteiger partial charge in [-0.25, -0.2) is 0 Å². The van der Waals surface area contributed by atoms with Crippen molar-refractivity contribution < 1.29 is 4.79 Å². The zero-order valence-electron chi connectivity index (χ0n) is 20.7. The molecule has 0 atom stereocenters. The third kappa shape index (κ3) is 5.63. The molecule has 1 aliphatic carbocycles. The maximum atomic E-state index is 12.6. The summed E-state index contributed by atoms with van der Waals surface area (Å²) in [6.07, 6.45) is 9.88. The first kappa shape index (κ1) is 24.3. The number of piperidine rings is 1. The van der Waals surface area contributed by atoms with Crippen LogP contribution in [0.3, 0.4) is 0 Å². The van der Waals surface area contributed by atoms with Crippen molar-refractivity contribution in [3.8, 4) is 0 Å². The van der Waals surface area contributed by atoms with E-state index in [1.165, 1.54) is 60.7 Å². The summed E-state index contributed by atoms with van der Waals surface area (Å²) < 4.78 is 2.72. The molecule has 4 rings (SSSR count). The van der Waals surface area contributed by atoms with Gasteiger partial charge in [0, 0.05) is 47.1 Å². The normalized spacial score (nSPS) is 22.2. The second-order valence-electron chi connectivity index (χ2n) is 10.6. The predicted octanol–water partition coefficient (Wildman–Crippen LogP) is 5.24. The minimum atomic E-state index is 0.147. The smallest absolute Gasteiger partial charge is 0.220 e. The van der Waals surface area contributed by atoms with Gasteiger partial charge in [-0.3, -0.25) is 4.79 Å². The van der Waals surface area contributed by atoms with Crippen LogP contribution in [-0.4, -0.2) is 30.1 Å². The van der Waals surface area contributed by atoms with Crippen molar-refractivity contribution in [2.24, 2.45) is 17.6 Å². The molecule has 0 spiro atoms. The number of fused-ring (bicyclic) bond motifs is 1. The maximum Gasteiger partial charge on any atom is 0.220 e. The Morgan fingerprint density at radius 2 is 1.82 bits per heavy atom. The zero-order chi connectivity index (χ0) is 23.2. The van der Waals surface area contributed by atoms with Gasteiger partial charge in [-0.15, -0.1) is 0 Å². The van der Waals surface area contributed by atoms with Crippen molar-refractivity contribution >= 4 is 16.8 Å².